The Kier molecular flexibility index (Phi) is 4.47. The molecule has 2 aromatic carbocycles. The van der Waals surface area contributed by atoms with E-state index in [1.165, 1.54) is 4.68 Å². The fraction of sp³-hybridized carbons (Fsp3) is 0.304. The molecule has 7 nitrogen and oxygen atoms in total. The first kappa shape index (κ1) is 18.4. The number of hydrogen-bond donors (Lipinski definition) is 0. The Morgan fingerprint density at radius 1 is 1.23 bits per heavy atom. The lowest BCUT2D eigenvalue weighted by molar-refractivity contribution is 0.0295. The minimum absolute atomic E-state index is 0.0783. The minimum Gasteiger partial charge on any atom is -0.470 e. The van der Waals surface area contributed by atoms with Gasteiger partial charge in [0, 0.05) is 19.4 Å². The lowest BCUT2D eigenvalue weighted by Crippen LogP contribution is -2.43. The summed E-state index contributed by atoms with van der Waals surface area (Å²) in [7, 11) is 0. The molecule has 0 spiro atoms. The normalized spacial score (nSPS) is 18.2. The van der Waals surface area contributed by atoms with Crippen molar-refractivity contribution in [1.82, 2.24) is 19.9 Å². The zero-order valence-corrected chi connectivity index (χ0v) is 16.5. The van der Waals surface area contributed by atoms with Crippen molar-refractivity contribution in [2.24, 2.45) is 0 Å². The second kappa shape index (κ2) is 7.30. The van der Waals surface area contributed by atoms with E-state index in [4.69, 9.17) is 4.74 Å². The van der Waals surface area contributed by atoms with Gasteiger partial charge in [-0.1, -0.05) is 41.5 Å². The molecule has 2 atom stereocenters. The quantitative estimate of drug-likeness (QED) is 0.632. The third-order valence-corrected chi connectivity index (χ3v) is 5.62. The van der Waals surface area contributed by atoms with Crippen LogP contribution in [-0.2, 0) is 6.42 Å². The molecule has 7 heteroatoms. The summed E-state index contributed by atoms with van der Waals surface area (Å²) in [5, 5.41) is 8.76. The van der Waals surface area contributed by atoms with Gasteiger partial charge in [0.2, 0.25) is 0 Å². The maximum absolute atomic E-state index is 13.3. The van der Waals surface area contributed by atoms with Crippen LogP contribution in [0.2, 0.25) is 0 Å². The van der Waals surface area contributed by atoms with E-state index in [9.17, 15) is 9.59 Å². The van der Waals surface area contributed by atoms with Crippen LogP contribution < -0.4 is 10.3 Å². The zero-order chi connectivity index (χ0) is 20.7. The van der Waals surface area contributed by atoms with E-state index in [-0.39, 0.29) is 17.7 Å². The van der Waals surface area contributed by atoms with Gasteiger partial charge in [0.1, 0.15) is 17.3 Å². The Morgan fingerprint density at radius 2 is 2.07 bits per heavy atom. The number of aromatic nitrogens is 3. The van der Waals surface area contributed by atoms with Crippen LogP contribution in [0.3, 0.4) is 0 Å². The maximum Gasteiger partial charge on any atom is 0.278 e. The highest BCUT2D eigenvalue weighted by Crippen LogP contribution is 2.34. The van der Waals surface area contributed by atoms with E-state index in [0.29, 0.717) is 35.2 Å². The minimum atomic E-state index is -0.439. The summed E-state index contributed by atoms with van der Waals surface area (Å²) in [5.41, 5.74) is 1.57. The van der Waals surface area contributed by atoms with Gasteiger partial charge in [-0.05, 0) is 31.0 Å². The molecule has 0 N–H and O–H groups in total. The highest BCUT2D eigenvalue weighted by Gasteiger charge is 2.37. The molecule has 3 heterocycles. The Hall–Kier alpha value is -3.66. The van der Waals surface area contributed by atoms with E-state index in [2.05, 4.69) is 22.2 Å². The molecule has 2 aliphatic heterocycles. The summed E-state index contributed by atoms with van der Waals surface area (Å²) < 4.78 is 7.34. The second-order valence-electron chi connectivity index (χ2n) is 7.52. The average molecular weight is 400 g/mol. The first-order chi connectivity index (χ1) is 14.7. The molecule has 5 rings (SSSR count). The summed E-state index contributed by atoms with van der Waals surface area (Å²) in [5.74, 6) is 6.32. The van der Waals surface area contributed by atoms with Crippen LogP contribution in [0.15, 0.2) is 47.3 Å². The number of amides is 1. The molecule has 0 aliphatic carbocycles. The fourth-order valence-corrected chi connectivity index (χ4v) is 4.15. The highest BCUT2D eigenvalue weighted by molar-refractivity contribution is 6.01. The number of rotatable bonds is 3. The molecule has 0 radical (unpaired) electrons. The number of benzene rings is 2. The van der Waals surface area contributed by atoms with Crippen molar-refractivity contribution in [3.05, 3.63) is 63.9 Å². The van der Waals surface area contributed by atoms with E-state index in [1.54, 1.807) is 24.0 Å². The largest absolute Gasteiger partial charge is 0.470 e. The van der Waals surface area contributed by atoms with Crippen molar-refractivity contribution in [3.8, 4) is 17.6 Å². The highest BCUT2D eigenvalue weighted by atomic mass is 16.5. The molecule has 2 aliphatic rings. The predicted octanol–water partition coefficient (Wildman–Crippen LogP) is 2.55. The van der Waals surface area contributed by atoms with Crippen molar-refractivity contribution in [3.63, 3.8) is 0 Å². The van der Waals surface area contributed by atoms with Gasteiger partial charge in [0.25, 0.3) is 11.5 Å². The van der Waals surface area contributed by atoms with Gasteiger partial charge in [-0.3, -0.25) is 9.59 Å². The third-order valence-electron chi connectivity index (χ3n) is 5.62. The number of fused-ring (bicyclic) bond motifs is 3. The van der Waals surface area contributed by atoms with Crippen LogP contribution in [0, 0.1) is 11.8 Å². The van der Waals surface area contributed by atoms with Crippen molar-refractivity contribution < 1.29 is 9.53 Å². The predicted molar refractivity (Wildman–Crippen MR) is 111 cm³/mol. The van der Waals surface area contributed by atoms with E-state index in [1.807, 2.05) is 30.3 Å². The number of nitrogens with zero attached hydrogens (tertiary/aromatic N) is 4. The first-order valence-electron chi connectivity index (χ1n) is 10.0. The molecular weight excluding hydrogens is 380 g/mol. The molecule has 150 valence electrons. The molecule has 1 amide bonds. The van der Waals surface area contributed by atoms with Crippen LogP contribution >= 0.6 is 0 Å². The molecule has 1 fully saturated rings. The molecule has 1 saturated heterocycles. The molecule has 0 saturated carbocycles. The summed E-state index contributed by atoms with van der Waals surface area (Å²) in [6, 6.07) is 12.6. The Morgan fingerprint density at radius 3 is 2.87 bits per heavy atom. The number of carbonyl (C=O) groups excluding carboxylic acids is 1. The van der Waals surface area contributed by atoms with Crippen LogP contribution in [0.4, 0.5) is 0 Å². The summed E-state index contributed by atoms with van der Waals surface area (Å²) >= 11 is 0. The summed E-state index contributed by atoms with van der Waals surface area (Å²) in [6.07, 6.45) is 2.00. The van der Waals surface area contributed by atoms with E-state index < -0.39 is 6.04 Å². The molecule has 2 unspecified atom stereocenters. The average Bonchev–Trinajstić information content (AvgIpc) is 3.23. The Labute approximate surface area is 173 Å². The summed E-state index contributed by atoms with van der Waals surface area (Å²) in [4.78, 5) is 27.8. The smallest absolute Gasteiger partial charge is 0.278 e. The summed E-state index contributed by atoms with van der Waals surface area (Å²) in [6.45, 7) is 2.42. The standard InChI is InChI=1S/C23H20N4O3/c1-2-7-16(12-15-8-4-3-5-9-15)27-23(29)17-14-20-18(13-19(17)24-25-27)22(28)26-11-6-10-21(26)30-20/h3-5,8-9,13-14,16,21H,6,10-12H2,1H3. The number of ether oxygens (including phenoxy) is 1. The van der Waals surface area contributed by atoms with Crippen LogP contribution in [0.1, 0.15) is 41.7 Å². The third kappa shape index (κ3) is 3.01. The van der Waals surface area contributed by atoms with Gasteiger partial charge >= 0.3 is 0 Å². The van der Waals surface area contributed by atoms with Gasteiger partial charge in [0.05, 0.1) is 10.9 Å². The zero-order valence-electron chi connectivity index (χ0n) is 16.5. The number of hydrogen-bond acceptors (Lipinski definition) is 5. The molecule has 0 bridgehead atoms. The van der Waals surface area contributed by atoms with Gasteiger partial charge < -0.3 is 9.64 Å². The molecule has 30 heavy (non-hydrogen) atoms. The van der Waals surface area contributed by atoms with Crippen LogP contribution in [0.25, 0.3) is 10.9 Å². The van der Waals surface area contributed by atoms with Gasteiger partial charge in [0.15, 0.2) is 6.23 Å². The van der Waals surface area contributed by atoms with E-state index in [0.717, 1.165) is 18.4 Å². The maximum atomic E-state index is 13.3. The van der Waals surface area contributed by atoms with Gasteiger partial charge in [-0.25, -0.2) is 0 Å². The van der Waals surface area contributed by atoms with Gasteiger partial charge in [-0.15, -0.1) is 11.0 Å². The Balaban J connectivity index is 1.59. The topological polar surface area (TPSA) is 77.3 Å². The Bertz CT molecular complexity index is 1260. The number of carbonyl (C=O) groups is 1. The van der Waals surface area contributed by atoms with E-state index >= 15 is 0 Å². The molecule has 1 aromatic heterocycles. The molecular formula is C23H20N4O3. The fourth-order valence-electron chi connectivity index (χ4n) is 4.15. The van der Waals surface area contributed by atoms with Crippen LogP contribution in [-0.4, -0.2) is 38.6 Å². The monoisotopic (exact) mass is 400 g/mol. The lowest BCUT2D eigenvalue weighted by Gasteiger charge is -2.31. The lowest BCUT2D eigenvalue weighted by atomic mass is 10.1. The first-order valence-corrected chi connectivity index (χ1v) is 10.0. The van der Waals surface area contributed by atoms with Crippen molar-refractivity contribution in [1.29, 1.82) is 0 Å². The van der Waals surface area contributed by atoms with Crippen molar-refractivity contribution in [2.75, 3.05) is 6.54 Å². The van der Waals surface area contributed by atoms with Gasteiger partial charge in [-0.2, -0.15) is 4.68 Å². The van der Waals surface area contributed by atoms with Crippen LogP contribution in [0.5, 0.6) is 5.75 Å². The molecule has 3 aromatic rings. The second-order valence-corrected chi connectivity index (χ2v) is 7.52. The van der Waals surface area contributed by atoms with Crippen molar-refractivity contribution in [2.45, 2.75) is 38.5 Å². The van der Waals surface area contributed by atoms with Crippen molar-refractivity contribution >= 4 is 16.8 Å². The SMILES string of the molecule is CC#CC(Cc1ccccc1)n1nnc2cc3c(cc2c1=O)OC1CCCN1C3=O.